The predicted octanol–water partition coefficient (Wildman–Crippen LogP) is 4.23. The lowest BCUT2D eigenvalue weighted by Crippen LogP contribution is -2.22. The van der Waals surface area contributed by atoms with Crippen molar-refractivity contribution in [2.75, 3.05) is 23.3 Å². The van der Waals surface area contributed by atoms with Gasteiger partial charge in [0.1, 0.15) is 5.82 Å². The van der Waals surface area contributed by atoms with Gasteiger partial charge < -0.3 is 10.2 Å². The molecule has 0 aromatic heterocycles. The van der Waals surface area contributed by atoms with Gasteiger partial charge >= 0.3 is 0 Å². The number of hydrogen-bond acceptors (Lipinski definition) is 2. The number of anilines is 2. The summed E-state index contributed by atoms with van der Waals surface area (Å²) in [5.41, 5.74) is 3.35. The third-order valence-corrected chi connectivity index (χ3v) is 3.69. The molecule has 3 nitrogen and oxygen atoms in total. The Balaban J connectivity index is 2.16. The topological polar surface area (TPSA) is 32.3 Å². The Labute approximate surface area is 130 Å². The smallest absolute Gasteiger partial charge is 0.255 e. The number of amides is 1. The van der Waals surface area contributed by atoms with Crippen molar-refractivity contribution in [1.82, 2.24) is 0 Å². The van der Waals surface area contributed by atoms with Crippen LogP contribution in [0.1, 0.15) is 29.8 Å². The van der Waals surface area contributed by atoms with Gasteiger partial charge in [0.15, 0.2) is 0 Å². The van der Waals surface area contributed by atoms with Crippen LogP contribution in [0.25, 0.3) is 0 Å². The second kappa shape index (κ2) is 7.07. The molecule has 0 atom stereocenters. The van der Waals surface area contributed by atoms with Crippen LogP contribution in [0.3, 0.4) is 0 Å². The molecular formula is C18H21FN2O. The summed E-state index contributed by atoms with van der Waals surface area (Å²) in [6.45, 7) is 8.08. The summed E-state index contributed by atoms with van der Waals surface area (Å²) in [5, 5.41) is 2.87. The minimum absolute atomic E-state index is 0.237. The van der Waals surface area contributed by atoms with Crippen LogP contribution in [0.2, 0.25) is 0 Å². The summed E-state index contributed by atoms with van der Waals surface area (Å²) in [7, 11) is 0. The molecule has 0 fully saturated rings. The van der Waals surface area contributed by atoms with E-state index in [4.69, 9.17) is 0 Å². The van der Waals surface area contributed by atoms with Gasteiger partial charge in [-0.2, -0.15) is 0 Å². The van der Waals surface area contributed by atoms with Crippen LogP contribution >= 0.6 is 0 Å². The highest BCUT2D eigenvalue weighted by atomic mass is 19.1. The van der Waals surface area contributed by atoms with Crippen LogP contribution in [0.4, 0.5) is 15.8 Å². The van der Waals surface area contributed by atoms with Crippen LogP contribution in [-0.2, 0) is 0 Å². The molecule has 0 aliphatic heterocycles. The van der Waals surface area contributed by atoms with Crippen LogP contribution < -0.4 is 10.2 Å². The first kappa shape index (κ1) is 16.0. The van der Waals surface area contributed by atoms with Gasteiger partial charge in [0.05, 0.1) is 0 Å². The van der Waals surface area contributed by atoms with E-state index in [-0.39, 0.29) is 11.7 Å². The average Bonchev–Trinajstić information content (AvgIpc) is 2.51. The second-order valence-corrected chi connectivity index (χ2v) is 5.13. The van der Waals surface area contributed by atoms with Crippen LogP contribution in [0.5, 0.6) is 0 Å². The zero-order chi connectivity index (χ0) is 16.1. The van der Waals surface area contributed by atoms with Gasteiger partial charge in [-0.3, -0.25) is 4.79 Å². The van der Waals surface area contributed by atoms with Crippen molar-refractivity contribution in [2.45, 2.75) is 20.8 Å². The minimum atomic E-state index is -0.351. The highest BCUT2D eigenvalue weighted by Crippen LogP contribution is 2.23. The maximum absolute atomic E-state index is 12.9. The number of nitrogens with zero attached hydrogens (tertiary/aromatic N) is 1. The molecule has 2 rings (SSSR count). The van der Waals surface area contributed by atoms with Gasteiger partial charge in [-0.25, -0.2) is 4.39 Å². The van der Waals surface area contributed by atoms with Gasteiger partial charge in [-0.1, -0.05) is 0 Å². The van der Waals surface area contributed by atoms with E-state index in [9.17, 15) is 9.18 Å². The van der Waals surface area contributed by atoms with Crippen molar-refractivity contribution in [2.24, 2.45) is 0 Å². The molecule has 0 saturated carbocycles. The average molecular weight is 300 g/mol. The predicted molar refractivity (Wildman–Crippen MR) is 89.1 cm³/mol. The normalized spacial score (nSPS) is 10.4. The summed E-state index contributed by atoms with van der Waals surface area (Å²) in [4.78, 5) is 14.4. The van der Waals surface area contributed by atoms with Crippen molar-refractivity contribution < 1.29 is 9.18 Å². The Morgan fingerprint density at radius 3 is 2.27 bits per heavy atom. The number of hydrogen-bond donors (Lipinski definition) is 1. The summed E-state index contributed by atoms with van der Waals surface area (Å²) < 4.78 is 12.9. The molecular weight excluding hydrogens is 279 g/mol. The fourth-order valence-electron chi connectivity index (χ4n) is 2.37. The monoisotopic (exact) mass is 300 g/mol. The Kier molecular flexibility index (Phi) is 5.15. The highest BCUT2D eigenvalue weighted by molar-refractivity contribution is 6.04. The number of benzene rings is 2. The molecule has 1 N–H and O–H groups in total. The lowest BCUT2D eigenvalue weighted by atomic mass is 10.1. The Morgan fingerprint density at radius 2 is 1.73 bits per heavy atom. The van der Waals surface area contributed by atoms with Gasteiger partial charge in [0, 0.05) is 30.0 Å². The van der Waals surface area contributed by atoms with Crippen molar-refractivity contribution in [3.63, 3.8) is 0 Å². The Bertz CT molecular complexity index is 649. The maximum atomic E-state index is 12.9. The molecule has 0 unspecified atom stereocenters. The minimum Gasteiger partial charge on any atom is -0.372 e. The number of nitrogens with one attached hydrogen (secondary N) is 1. The van der Waals surface area contributed by atoms with E-state index in [0.717, 1.165) is 30.0 Å². The number of halogens is 1. The van der Waals surface area contributed by atoms with E-state index < -0.39 is 0 Å². The highest BCUT2D eigenvalue weighted by Gasteiger charge is 2.09. The lowest BCUT2D eigenvalue weighted by Gasteiger charge is -2.22. The summed E-state index contributed by atoms with van der Waals surface area (Å²) in [6, 6.07) is 11.5. The molecule has 0 aliphatic rings. The molecule has 116 valence electrons. The Hall–Kier alpha value is -2.36. The first-order valence-electron chi connectivity index (χ1n) is 7.47. The number of carbonyl (C=O) groups is 1. The number of aryl methyl sites for hydroxylation is 1. The van der Waals surface area contributed by atoms with E-state index in [1.54, 1.807) is 0 Å². The van der Waals surface area contributed by atoms with Crippen LogP contribution in [-0.4, -0.2) is 19.0 Å². The van der Waals surface area contributed by atoms with E-state index in [1.165, 1.54) is 24.3 Å². The standard InChI is InChI=1S/C18H21FN2O/c1-4-21(5-2)16-10-11-17(13(3)12-16)20-18(22)14-6-8-15(19)9-7-14/h6-12H,4-5H2,1-3H3,(H,20,22). The number of rotatable bonds is 5. The summed E-state index contributed by atoms with van der Waals surface area (Å²) >= 11 is 0. The van der Waals surface area contributed by atoms with Gasteiger partial charge in [0.25, 0.3) is 5.91 Å². The zero-order valence-corrected chi connectivity index (χ0v) is 13.2. The van der Waals surface area contributed by atoms with E-state index >= 15 is 0 Å². The fraction of sp³-hybridized carbons (Fsp3) is 0.278. The van der Waals surface area contributed by atoms with Crippen molar-refractivity contribution >= 4 is 17.3 Å². The maximum Gasteiger partial charge on any atom is 0.255 e. The first-order chi connectivity index (χ1) is 10.5. The van der Waals surface area contributed by atoms with Crippen molar-refractivity contribution in [1.29, 1.82) is 0 Å². The van der Waals surface area contributed by atoms with Crippen molar-refractivity contribution in [3.8, 4) is 0 Å². The molecule has 2 aromatic rings. The van der Waals surface area contributed by atoms with E-state index in [0.29, 0.717) is 5.56 Å². The molecule has 0 heterocycles. The molecule has 0 aliphatic carbocycles. The van der Waals surface area contributed by atoms with Gasteiger partial charge in [-0.15, -0.1) is 0 Å². The van der Waals surface area contributed by atoms with E-state index in [2.05, 4.69) is 30.1 Å². The molecule has 0 radical (unpaired) electrons. The summed E-state index contributed by atoms with van der Waals surface area (Å²) in [6.07, 6.45) is 0. The lowest BCUT2D eigenvalue weighted by molar-refractivity contribution is 0.102. The van der Waals surface area contributed by atoms with Crippen LogP contribution in [0.15, 0.2) is 42.5 Å². The van der Waals surface area contributed by atoms with Crippen molar-refractivity contribution in [3.05, 3.63) is 59.4 Å². The summed E-state index contributed by atoms with van der Waals surface area (Å²) in [5.74, 6) is -0.588. The molecule has 4 heteroatoms. The molecule has 2 aromatic carbocycles. The first-order valence-corrected chi connectivity index (χ1v) is 7.47. The molecule has 22 heavy (non-hydrogen) atoms. The largest absolute Gasteiger partial charge is 0.372 e. The third-order valence-electron chi connectivity index (χ3n) is 3.69. The van der Waals surface area contributed by atoms with Crippen LogP contribution in [0, 0.1) is 12.7 Å². The van der Waals surface area contributed by atoms with Gasteiger partial charge in [0.2, 0.25) is 0 Å². The Morgan fingerprint density at radius 1 is 1.09 bits per heavy atom. The third kappa shape index (κ3) is 3.64. The number of carbonyl (C=O) groups excluding carboxylic acids is 1. The molecule has 0 saturated heterocycles. The zero-order valence-electron chi connectivity index (χ0n) is 13.2. The van der Waals surface area contributed by atoms with E-state index in [1.807, 2.05) is 19.1 Å². The van der Waals surface area contributed by atoms with Gasteiger partial charge in [-0.05, 0) is 68.8 Å². The molecule has 0 spiro atoms. The quantitative estimate of drug-likeness (QED) is 0.896. The SMILES string of the molecule is CCN(CC)c1ccc(NC(=O)c2ccc(F)cc2)c(C)c1. The fourth-order valence-corrected chi connectivity index (χ4v) is 2.37. The molecule has 0 bridgehead atoms. The second-order valence-electron chi connectivity index (χ2n) is 5.13. The molecule has 1 amide bonds.